The van der Waals surface area contributed by atoms with Gasteiger partial charge in [0.05, 0.1) is 34.4 Å². The smallest absolute Gasteiger partial charge is 0.361 e. The van der Waals surface area contributed by atoms with E-state index < -0.39 is 24.3 Å². The number of nitrogens with zero attached hydrogens (tertiary/aromatic N) is 1. The lowest BCUT2D eigenvalue weighted by Gasteiger charge is -2.25. The number of ether oxygens (including phenoxy) is 4. The molecule has 9 nitrogen and oxygen atoms in total. The van der Waals surface area contributed by atoms with Gasteiger partial charge in [-0.15, -0.1) is 0 Å². The van der Waals surface area contributed by atoms with Gasteiger partial charge in [-0.05, 0) is 89.9 Å². The summed E-state index contributed by atoms with van der Waals surface area (Å²) in [5, 5.41) is 9.71. The van der Waals surface area contributed by atoms with E-state index in [0.717, 1.165) is 109 Å². The number of carbonyl (C=O) groups is 3. The molecule has 0 aromatic heterocycles. The van der Waals surface area contributed by atoms with Gasteiger partial charge in [-0.1, -0.05) is 277 Å². The fourth-order valence-corrected chi connectivity index (χ4v) is 8.75. The Balaban J connectivity index is 4.12. The number of carboxylic acid groups (broad SMARTS) is 1. The average molecular weight is 1130 g/mol. The molecule has 0 bridgehead atoms. The molecule has 0 saturated heterocycles. The van der Waals surface area contributed by atoms with Crippen LogP contribution in [-0.4, -0.2) is 87.4 Å². The summed E-state index contributed by atoms with van der Waals surface area (Å²) >= 11 is 0. The number of unbranched alkanes of at least 4 members (excludes halogenated alkanes) is 24. The second kappa shape index (κ2) is 61.8. The molecule has 0 heterocycles. The lowest BCUT2D eigenvalue weighted by Crippen LogP contribution is -2.40. The summed E-state index contributed by atoms with van der Waals surface area (Å²) in [5.41, 5.74) is 0. The number of esters is 2. The number of allylic oxidation sites excluding steroid dienone is 20. The second-order valence-corrected chi connectivity index (χ2v) is 22.7. The van der Waals surface area contributed by atoms with Crippen molar-refractivity contribution in [2.45, 2.75) is 270 Å². The third-order valence-electron chi connectivity index (χ3n) is 13.7. The Labute approximate surface area is 497 Å². The predicted octanol–water partition coefficient (Wildman–Crippen LogP) is 20.0. The van der Waals surface area contributed by atoms with E-state index in [4.69, 9.17) is 18.9 Å². The maximum atomic E-state index is 12.9. The molecule has 0 saturated carbocycles. The first-order valence-corrected chi connectivity index (χ1v) is 32.7. The van der Waals surface area contributed by atoms with Crippen LogP contribution in [-0.2, 0) is 33.3 Å². The minimum atomic E-state index is -1.52. The van der Waals surface area contributed by atoms with Crippen molar-refractivity contribution in [3.63, 3.8) is 0 Å². The van der Waals surface area contributed by atoms with Crippen LogP contribution < -0.4 is 0 Å². The van der Waals surface area contributed by atoms with Crippen molar-refractivity contribution in [2.75, 3.05) is 47.5 Å². The summed E-state index contributed by atoms with van der Waals surface area (Å²) in [4.78, 5) is 37.5. The lowest BCUT2D eigenvalue weighted by molar-refractivity contribution is -0.870. The van der Waals surface area contributed by atoms with Gasteiger partial charge >= 0.3 is 17.9 Å². The standard InChI is InChI=1S/C72H121NO8/c1-6-8-10-12-14-16-18-20-22-23-24-25-26-27-28-29-30-31-32-33-34-35-36-37-38-39-40-41-42-43-44-45-46-47-49-51-53-55-57-59-61-63-70(75)81-68(67-80-72(71(76)77)78-65-64-73(3,4)5)66-79-69(74)62-60-58-56-54-52-50-48-21-19-17-15-13-11-9-7-2/h8,10,14,16,20,22,24-25,27-28,30-31,33-34,36-37,39-40,42-43,68,72H,6-7,9,11-13,15,17-19,21,23,26,29,32,35,38,41,44-67H2,1-5H3/p+1/b10-8-,16-14-,22-20-,25-24-,28-27-,31-30-,34-33-,37-36-,40-39-,43-42-. The highest BCUT2D eigenvalue weighted by molar-refractivity contribution is 5.71. The van der Waals surface area contributed by atoms with Crippen molar-refractivity contribution in [1.29, 1.82) is 0 Å². The highest BCUT2D eigenvalue weighted by atomic mass is 16.7. The van der Waals surface area contributed by atoms with Gasteiger partial charge in [-0.25, -0.2) is 4.79 Å². The molecule has 0 aliphatic heterocycles. The van der Waals surface area contributed by atoms with Crippen molar-refractivity contribution >= 4 is 17.9 Å². The largest absolute Gasteiger partial charge is 0.477 e. The van der Waals surface area contributed by atoms with E-state index in [0.29, 0.717) is 23.9 Å². The monoisotopic (exact) mass is 1130 g/mol. The Morgan fingerprint density at radius 3 is 1.05 bits per heavy atom. The number of hydrogen-bond acceptors (Lipinski definition) is 7. The van der Waals surface area contributed by atoms with Gasteiger partial charge in [-0.3, -0.25) is 9.59 Å². The summed E-state index contributed by atoms with van der Waals surface area (Å²) in [6.45, 7) is 4.76. The van der Waals surface area contributed by atoms with Crippen molar-refractivity contribution in [2.24, 2.45) is 0 Å². The minimum absolute atomic E-state index is 0.183. The molecule has 0 aliphatic carbocycles. The van der Waals surface area contributed by atoms with Gasteiger partial charge in [0.25, 0.3) is 6.29 Å². The molecule has 2 unspecified atom stereocenters. The van der Waals surface area contributed by atoms with Crippen LogP contribution in [0.4, 0.5) is 0 Å². The Morgan fingerprint density at radius 1 is 0.383 bits per heavy atom. The maximum absolute atomic E-state index is 12.9. The molecule has 0 spiro atoms. The molecule has 0 rings (SSSR count). The summed E-state index contributed by atoms with van der Waals surface area (Å²) in [6.07, 6.45) is 84.4. The molecule has 0 aromatic carbocycles. The van der Waals surface area contributed by atoms with Crippen molar-refractivity contribution in [3.05, 3.63) is 122 Å². The minimum Gasteiger partial charge on any atom is -0.477 e. The highest BCUT2D eigenvalue weighted by Gasteiger charge is 2.25. The molecule has 81 heavy (non-hydrogen) atoms. The Morgan fingerprint density at radius 2 is 0.704 bits per heavy atom. The Kier molecular flexibility index (Phi) is 58.5. The van der Waals surface area contributed by atoms with E-state index in [1.165, 1.54) is 116 Å². The molecule has 0 aliphatic rings. The van der Waals surface area contributed by atoms with E-state index in [1.807, 2.05) is 21.1 Å². The Hall–Kier alpha value is -4.31. The van der Waals surface area contributed by atoms with Crippen LogP contribution in [0.5, 0.6) is 0 Å². The van der Waals surface area contributed by atoms with Crippen LogP contribution in [0.1, 0.15) is 258 Å². The molecule has 0 aromatic rings. The molecule has 2 atom stereocenters. The zero-order valence-electron chi connectivity index (χ0n) is 52.7. The van der Waals surface area contributed by atoms with Crippen LogP contribution in [0.25, 0.3) is 0 Å². The maximum Gasteiger partial charge on any atom is 0.361 e. The quantitative estimate of drug-likeness (QED) is 0.0211. The van der Waals surface area contributed by atoms with Crippen LogP contribution in [0.2, 0.25) is 0 Å². The van der Waals surface area contributed by atoms with Crippen LogP contribution in [0, 0.1) is 0 Å². The van der Waals surface area contributed by atoms with Gasteiger partial charge in [0.1, 0.15) is 13.2 Å². The number of likely N-dealkylation sites (N-methyl/N-ethyl adjacent to an activating group) is 1. The number of rotatable bonds is 59. The molecule has 9 heteroatoms. The molecule has 0 radical (unpaired) electrons. The number of carbonyl (C=O) groups excluding carboxylic acids is 2. The van der Waals surface area contributed by atoms with Gasteiger partial charge in [0.2, 0.25) is 0 Å². The molecule has 0 fully saturated rings. The van der Waals surface area contributed by atoms with Crippen molar-refractivity contribution < 1.29 is 42.9 Å². The number of quaternary nitrogens is 1. The van der Waals surface area contributed by atoms with E-state index in [2.05, 4.69) is 135 Å². The van der Waals surface area contributed by atoms with Crippen molar-refractivity contribution in [1.82, 2.24) is 0 Å². The zero-order chi connectivity index (χ0) is 59.1. The fourth-order valence-electron chi connectivity index (χ4n) is 8.75. The summed E-state index contributed by atoms with van der Waals surface area (Å²) in [5.74, 6) is -2.01. The van der Waals surface area contributed by atoms with E-state index >= 15 is 0 Å². The van der Waals surface area contributed by atoms with Crippen LogP contribution >= 0.6 is 0 Å². The van der Waals surface area contributed by atoms with Gasteiger partial charge in [-0.2, -0.15) is 0 Å². The molecule has 0 amide bonds. The topological polar surface area (TPSA) is 108 Å². The first-order chi connectivity index (χ1) is 39.6. The van der Waals surface area contributed by atoms with Gasteiger partial charge in [0, 0.05) is 12.8 Å². The molecule has 1 N–H and O–H groups in total. The molecular formula is C72H122NO8+. The Bertz CT molecular complexity index is 1740. The zero-order valence-corrected chi connectivity index (χ0v) is 52.7. The third-order valence-corrected chi connectivity index (χ3v) is 13.7. The first-order valence-electron chi connectivity index (χ1n) is 32.7. The van der Waals surface area contributed by atoms with Gasteiger partial charge in [0.15, 0.2) is 6.10 Å². The molecular weight excluding hydrogens is 1010 g/mol. The van der Waals surface area contributed by atoms with E-state index in [9.17, 15) is 19.5 Å². The van der Waals surface area contributed by atoms with E-state index in [1.54, 1.807) is 0 Å². The van der Waals surface area contributed by atoms with Crippen LogP contribution in [0.3, 0.4) is 0 Å². The van der Waals surface area contributed by atoms with Crippen molar-refractivity contribution in [3.8, 4) is 0 Å². The summed E-state index contributed by atoms with van der Waals surface area (Å²) in [6, 6.07) is 0. The van der Waals surface area contributed by atoms with Crippen LogP contribution in [0.15, 0.2) is 122 Å². The van der Waals surface area contributed by atoms with E-state index in [-0.39, 0.29) is 32.2 Å². The molecule has 462 valence electrons. The fraction of sp³-hybridized carbons (Fsp3) is 0.681. The highest BCUT2D eigenvalue weighted by Crippen LogP contribution is 2.16. The predicted molar refractivity (Wildman–Crippen MR) is 345 cm³/mol. The second-order valence-electron chi connectivity index (χ2n) is 22.7. The average Bonchev–Trinajstić information content (AvgIpc) is 3.44. The summed E-state index contributed by atoms with van der Waals surface area (Å²) < 4.78 is 22.9. The number of aliphatic carboxylic acids is 1. The third kappa shape index (κ3) is 63.1. The first kappa shape index (κ1) is 76.7. The number of carboxylic acids is 1. The SMILES string of the molecule is CC/C=C\C/C=C\C/C=C\C/C=C\C/C=C\C/C=C\C/C=C\C/C=C\C/C=C\C/C=C\CCCCCCCCCCCCC(=O)OC(COC(=O)CCCCCCCCCCCCCCCCC)COC(OCC[N+](C)(C)C)C(=O)O. The normalized spacial score (nSPS) is 13.5. The number of hydrogen-bond donors (Lipinski definition) is 1. The van der Waals surface area contributed by atoms with Gasteiger partial charge < -0.3 is 28.5 Å². The summed E-state index contributed by atoms with van der Waals surface area (Å²) in [7, 11) is 5.97. The lowest BCUT2D eigenvalue weighted by atomic mass is 10.0.